The molecule has 1 heterocycles. The zero-order chi connectivity index (χ0) is 13.9. The van der Waals surface area contributed by atoms with Gasteiger partial charge < -0.3 is 19.6 Å². The summed E-state index contributed by atoms with van der Waals surface area (Å²) < 4.78 is 4.78. The fourth-order valence-corrected chi connectivity index (χ4v) is 1.47. The van der Waals surface area contributed by atoms with Gasteiger partial charge in [-0.3, -0.25) is 14.4 Å². The summed E-state index contributed by atoms with van der Waals surface area (Å²) in [6.07, 6.45) is 0. The predicted molar refractivity (Wildman–Crippen MR) is 57.2 cm³/mol. The number of amides is 1. The molecule has 0 aliphatic carbocycles. The molecule has 2 N–H and O–H groups in total. The number of hydrogen-bond donors (Lipinski definition) is 2. The van der Waals surface area contributed by atoms with Crippen molar-refractivity contribution in [3.63, 3.8) is 0 Å². The third kappa shape index (κ3) is 3.06. The van der Waals surface area contributed by atoms with Gasteiger partial charge in [0.1, 0.15) is 24.4 Å². The number of carboxylic acids is 2. The van der Waals surface area contributed by atoms with Gasteiger partial charge in [-0.1, -0.05) is 5.16 Å². The number of carbonyl (C=O) groups is 3. The second-order valence-corrected chi connectivity index (χ2v) is 3.65. The van der Waals surface area contributed by atoms with Gasteiger partial charge in [0.25, 0.3) is 5.91 Å². The highest BCUT2D eigenvalue weighted by molar-refractivity contribution is 5.99. The van der Waals surface area contributed by atoms with Crippen LogP contribution in [-0.4, -0.2) is 51.2 Å². The molecular formula is C10H12N2O6. The van der Waals surface area contributed by atoms with E-state index in [2.05, 4.69) is 5.16 Å². The molecule has 0 spiro atoms. The standard InChI is InChI=1S/C10H12N2O6/c1-5-9(6(2)18-11-5)10(17)12(3-7(13)14)4-8(15)16/h3-4H2,1-2H3,(H,13,14)(H,15,16). The van der Waals surface area contributed by atoms with E-state index in [4.69, 9.17) is 14.7 Å². The van der Waals surface area contributed by atoms with Gasteiger partial charge in [-0.25, -0.2) is 0 Å². The lowest BCUT2D eigenvalue weighted by molar-refractivity contribution is -0.140. The van der Waals surface area contributed by atoms with Crippen molar-refractivity contribution in [3.8, 4) is 0 Å². The fraction of sp³-hybridized carbons (Fsp3) is 0.400. The molecule has 8 heteroatoms. The summed E-state index contributed by atoms with van der Waals surface area (Å²) in [7, 11) is 0. The molecule has 1 amide bonds. The van der Waals surface area contributed by atoms with Crippen LogP contribution >= 0.6 is 0 Å². The normalized spacial score (nSPS) is 10.1. The Morgan fingerprint density at radius 3 is 2.00 bits per heavy atom. The largest absolute Gasteiger partial charge is 0.480 e. The lowest BCUT2D eigenvalue weighted by Gasteiger charge is -2.17. The van der Waals surface area contributed by atoms with E-state index in [1.54, 1.807) is 0 Å². The van der Waals surface area contributed by atoms with E-state index < -0.39 is 30.9 Å². The topological polar surface area (TPSA) is 121 Å². The first kappa shape index (κ1) is 13.7. The number of aliphatic carboxylic acids is 2. The Hall–Kier alpha value is -2.38. The van der Waals surface area contributed by atoms with Gasteiger partial charge in [0.15, 0.2) is 0 Å². The molecule has 0 atom stereocenters. The van der Waals surface area contributed by atoms with Crippen molar-refractivity contribution in [2.45, 2.75) is 13.8 Å². The summed E-state index contributed by atoms with van der Waals surface area (Å²) >= 11 is 0. The van der Waals surface area contributed by atoms with Gasteiger partial charge in [-0.2, -0.15) is 0 Å². The Labute approximate surface area is 102 Å². The number of hydrogen-bond acceptors (Lipinski definition) is 5. The first-order chi connectivity index (χ1) is 8.32. The Morgan fingerprint density at radius 1 is 1.17 bits per heavy atom. The molecule has 1 rings (SSSR count). The third-order valence-corrected chi connectivity index (χ3v) is 2.19. The van der Waals surface area contributed by atoms with Gasteiger partial charge in [-0.05, 0) is 13.8 Å². The van der Waals surface area contributed by atoms with Crippen LogP contribution in [0, 0.1) is 13.8 Å². The van der Waals surface area contributed by atoms with E-state index in [1.165, 1.54) is 13.8 Å². The lowest BCUT2D eigenvalue weighted by atomic mass is 10.2. The summed E-state index contributed by atoms with van der Waals surface area (Å²) in [5.41, 5.74) is 0.385. The summed E-state index contributed by atoms with van der Waals surface area (Å²) in [4.78, 5) is 33.9. The molecule has 1 aromatic rings. The van der Waals surface area contributed by atoms with Gasteiger partial charge in [0.2, 0.25) is 0 Å². The van der Waals surface area contributed by atoms with Crippen LogP contribution in [0.2, 0.25) is 0 Å². The average molecular weight is 256 g/mol. The molecular weight excluding hydrogens is 244 g/mol. The van der Waals surface area contributed by atoms with E-state index >= 15 is 0 Å². The maximum Gasteiger partial charge on any atom is 0.323 e. The van der Waals surface area contributed by atoms with Crippen molar-refractivity contribution in [1.82, 2.24) is 10.1 Å². The molecule has 0 fully saturated rings. The Morgan fingerprint density at radius 2 is 1.67 bits per heavy atom. The van der Waals surface area contributed by atoms with Crippen molar-refractivity contribution >= 4 is 17.8 Å². The third-order valence-electron chi connectivity index (χ3n) is 2.19. The molecule has 1 aromatic heterocycles. The number of carbonyl (C=O) groups excluding carboxylic acids is 1. The van der Waals surface area contributed by atoms with E-state index in [9.17, 15) is 14.4 Å². The van der Waals surface area contributed by atoms with Crippen molar-refractivity contribution < 1.29 is 29.1 Å². The highest BCUT2D eigenvalue weighted by atomic mass is 16.5. The Balaban J connectivity index is 3.02. The average Bonchev–Trinajstić information content (AvgIpc) is 2.55. The van der Waals surface area contributed by atoms with Crippen LogP contribution in [0.5, 0.6) is 0 Å². The van der Waals surface area contributed by atoms with Crippen LogP contribution in [0.1, 0.15) is 21.8 Å². The van der Waals surface area contributed by atoms with Crippen molar-refractivity contribution in [1.29, 1.82) is 0 Å². The number of aromatic nitrogens is 1. The first-order valence-electron chi connectivity index (χ1n) is 4.98. The minimum atomic E-state index is -1.30. The predicted octanol–water partition coefficient (Wildman–Crippen LogP) is -0.0972. The molecule has 0 aliphatic rings. The molecule has 18 heavy (non-hydrogen) atoms. The Bertz CT molecular complexity index is 457. The smallest absolute Gasteiger partial charge is 0.323 e. The maximum absolute atomic E-state index is 12.0. The van der Waals surface area contributed by atoms with Gasteiger partial charge in [0, 0.05) is 0 Å². The van der Waals surface area contributed by atoms with E-state index in [0.717, 1.165) is 0 Å². The van der Waals surface area contributed by atoms with Crippen LogP contribution in [0.3, 0.4) is 0 Å². The van der Waals surface area contributed by atoms with E-state index in [1.807, 2.05) is 0 Å². The number of nitrogens with zero attached hydrogens (tertiary/aromatic N) is 2. The Kier molecular flexibility index (Phi) is 4.03. The summed E-state index contributed by atoms with van der Waals surface area (Å²) in [5, 5.41) is 20.9. The van der Waals surface area contributed by atoms with Crippen LogP contribution < -0.4 is 0 Å². The van der Waals surface area contributed by atoms with E-state index in [0.29, 0.717) is 10.6 Å². The summed E-state index contributed by atoms with van der Waals surface area (Å²) in [5.74, 6) is -3.10. The van der Waals surface area contributed by atoms with Crippen LogP contribution in [0.15, 0.2) is 4.52 Å². The lowest BCUT2D eigenvalue weighted by Crippen LogP contribution is -2.39. The van der Waals surface area contributed by atoms with E-state index in [-0.39, 0.29) is 11.3 Å². The second kappa shape index (κ2) is 5.30. The number of rotatable bonds is 5. The molecule has 0 bridgehead atoms. The summed E-state index contributed by atoms with van der Waals surface area (Å²) in [6.45, 7) is 1.61. The quantitative estimate of drug-likeness (QED) is 0.754. The molecule has 0 radical (unpaired) electrons. The highest BCUT2D eigenvalue weighted by Crippen LogP contribution is 2.14. The minimum Gasteiger partial charge on any atom is -0.480 e. The molecule has 8 nitrogen and oxygen atoms in total. The SMILES string of the molecule is Cc1noc(C)c1C(=O)N(CC(=O)O)CC(=O)O. The van der Waals surface area contributed by atoms with Crippen molar-refractivity contribution in [2.75, 3.05) is 13.1 Å². The molecule has 0 aromatic carbocycles. The van der Waals surface area contributed by atoms with Gasteiger partial charge >= 0.3 is 11.9 Å². The molecule has 0 unspecified atom stereocenters. The molecule has 0 aliphatic heterocycles. The minimum absolute atomic E-state index is 0.0949. The monoisotopic (exact) mass is 256 g/mol. The number of carboxylic acid groups (broad SMARTS) is 2. The molecule has 0 saturated heterocycles. The van der Waals surface area contributed by atoms with Crippen LogP contribution in [0.25, 0.3) is 0 Å². The maximum atomic E-state index is 12.0. The molecule has 98 valence electrons. The van der Waals surface area contributed by atoms with Gasteiger partial charge in [0.05, 0.1) is 5.69 Å². The van der Waals surface area contributed by atoms with Crippen molar-refractivity contribution in [2.24, 2.45) is 0 Å². The van der Waals surface area contributed by atoms with Crippen molar-refractivity contribution in [3.05, 3.63) is 17.0 Å². The summed E-state index contributed by atoms with van der Waals surface area (Å²) in [6, 6.07) is 0. The molecule has 0 saturated carbocycles. The number of aryl methyl sites for hydroxylation is 2. The van der Waals surface area contributed by atoms with Crippen LogP contribution in [-0.2, 0) is 9.59 Å². The highest BCUT2D eigenvalue weighted by Gasteiger charge is 2.26. The fourth-order valence-electron chi connectivity index (χ4n) is 1.47. The zero-order valence-electron chi connectivity index (χ0n) is 9.84. The zero-order valence-corrected chi connectivity index (χ0v) is 9.84. The van der Waals surface area contributed by atoms with Gasteiger partial charge in [-0.15, -0.1) is 0 Å². The van der Waals surface area contributed by atoms with Crippen LogP contribution in [0.4, 0.5) is 0 Å². The second-order valence-electron chi connectivity index (χ2n) is 3.65. The first-order valence-corrected chi connectivity index (χ1v) is 4.98.